The van der Waals surface area contributed by atoms with Crippen molar-refractivity contribution in [3.63, 3.8) is 0 Å². The van der Waals surface area contributed by atoms with Crippen LogP contribution in [-0.2, 0) is 9.53 Å². The first-order chi connectivity index (χ1) is 6.02. The smallest absolute Gasteiger partial charge is 0.323 e. The molecule has 0 radical (unpaired) electrons. The first kappa shape index (κ1) is 10.5. The molecule has 1 unspecified atom stereocenters. The second kappa shape index (κ2) is 4.07. The molecular weight excluding hydrogens is 170 g/mol. The van der Waals surface area contributed by atoms with E-state index >= 15 is 0 Å². The second-order valence-electron chi connectivity index (χ2n) is 4.04. The molecule has 0 aromatic carbocycles. The van der Waals surface area contributed by atoms with E-state index in [1.807, 2.05) is 0 Å². The number of carboxylic acids is 1. The van der Waals surface area contributed by atoms with Gasteiger partial charge in [0.1, 0.15) is 5.54 Å². The van der Waals surface area contributed by atoms with Crippen molar-refractivity contribution in [3.05, 3.63) is 0 Å². The number of rotatable bonds is 4. The predicted octanol–water partition coefficient (Wildman–Crippen LogP) is 0.476. The Morgan fingerprint density at radius 1 is 1.69 bits per heavy atom. The van der Waals surface area contributed by atoms with E-state index in [0.29, 0.717) is 5.92 Å². The van der Waals surface area contributed by atoms with Crippen LogP contribution < -0.4 is 5.32 Å². The minimum Gasteiger partial charge on any atom is -0.480 e. The first-order valence-electron chi connectivity index (χ1n) is 4.58. The summed E-state index contributed by atoms with van der Waals surface area (Å²) in [7, 11) is 0. The van der Waals surface area contributed by atoms with Crippen LogP contribution in [0.15, 0.2) is 0 Å². The molecule has 1 aliphatic rings. The molecule has 0 saturated carbocycles. The maximum absolute atomic E-state index is 10.7. The number of aliphatic carboxylic acids is 1. The molecule has 76 valence electrons. The Hall–Kier alpha value is -0.610. The van der Waals surface area contributed by atoms with Crippen LogP contribution in [0, 0.1) is 5.92 Å². The van der Waals surface area contributed by atoms with Gasteiger partial charge in [-0.05, 0) is 26.2 Å². The minimum atomic E-state index is -0.831. The Morgan fingerprint density at radius 2 is 2.38 bits per heavy atom. The van der Waals surface area contributed by atoms with Crippen LogP contribution in [-0.4, -0.2) is 36.4 Å². The van der Waals surface area contributed by atoms with E-state index in [-0.39, 0.29) is 0 Å². The summed E-state index contributed by atoms with van der Waals surface area (Å²) in [6.45, 7) is 5.62. The Labute approximate surface area is 78.3 Å². The molecule has 1 rings (SSSR count). The average molecular weight is 187 g/mol. The second-order valence-corrected chi connectivity index (χ2v) is 4.04. The van der Waals surface area contributed by atoms with E-state index in [9.17, 15) is 4.79 Å². The normalized spacial score (nSPS) is 23.4. The van der Waals surface area contributed by atoms with Crippen LogP contribution in [0.3, 0.4) is 0 Å². The van der Waals surface area contributed by atoms with Gasteiger partial charge in [-0.15, -0.1) is 0 Å². The molecule has 0 aromatic rings. The number of ether oxygens (including phenoxy) is 1. The molecule has 0 aromatic heterocycles. The lowest BCUT2D eigenvalue weighted by Crippen LogP contribution is -2.48. The zero-order chi connectivity index (χ0) is 9.90. The summed E-state index contributed by atoms with van der Waals surface area (Å²) in [6.07, 6.45) is 1.03. The van der Waals surface area contributed by atoms with E-state index in [0.717, 1.165) is 26.2 Å². The Bertz CT molecular complexity index is 185. The van der Waals surface area contributed by atoms with Gasteiger partial charge < -0.3 is 15.2 Å². The zero-order valence-corrected chi connectivity index (χ0v) is 8.17. The van der Waals surface area contributed by atoms with Crippen molar-refractivity contribution in [2.45, 2.75) is 25.8 Å². The molecule has 1 saturated heterocycles. The van der Waals surface area contributed by atoms with E-state index in [1.165, 1.54) is 0 Å². The third-order valence-electron chi connectivity index (χ3n) is 2.39. The van der Waals surface area contributed by atoms with E-state index in [4.69, 9.17) is 9.84 Å². The summed E-state index contributed by atoms with van der Waals surface area (Å²) in [6, 6.07) is 0. The fourth-order valence-electron chi connectivity index (χ4n) is 1.22. The standard InChI is InChI=1S/C9H17NO3/c1-9(2,8(11)12)10-5-7-3-4-13-6-7/h7,10H,3-6H2,1-2H3,(H,11,12). The van der Waals surface area contributed by atoms with Gasteiger partial charge in [-0.25, -0.2) is 0 Å². The molecule has 1 heterocycles. The maximum atomic E-state index is 10.7. The van der Waals surface area contributed by atoms with Crippen molar-refractivity contribution in [2.75, 3.05) is 19.8 Å². The van der Waals surface area contributed by atoms with Gasteiger partial charge in [0.15, 0.2) is 0 Å². The zero-order valence-electron chi connectivity index (χ0n) is 8.17. The maximum Gasteiger partial charge on any atom is 0.323 e. The topological polar surface area (TPSA) is 58.6 Å². The molecule has 4 nitrogen and oxygen atoms in total. The molecule has 0 amide bonds. The SMILES string of the molecule is CC(C)(NCC1CCOC1)C(=O)O. The molecule has 0 bridgehead atoms. The summed E-state index contributed by atoms with van der Waals surface area (Å²) in [5, 5.41) is 11.8. The van der Waals surface area contributed by atoms with Crippen molar-refractivity contribution >= 4 is 5.97 Å². The quantitative estimate of drug-likeness (QED) is 0.672. The predicted molar refractivity (Wildman–Crippen MR) is 48.6 cm³/mol. The molecule has 0 spiro atoms. The highest BCUT2D eigenvalue weighted by atomic mass is 16.5. The van der Waals surface area contributed by atoms with E-state index in [1.54, 1.807) is 13.8 Å². The average Bonchev–Trinajstić information content (AvgIpc) is 2.52. The molecular formula is C9H17NO3. The van der Waals surface area contributed by atoms with Gasteiger partial charge in [-0.2, -0.15) is 0 Å². The lowest BCUT2D eigenvalue weighted by molar-refractivity contribution is -0.143. The van der Waals surface area contributed by atoms with Crippen molar-refractivity contribution in [2.24, 2.45) is 5.92 Å². The van der Waals surface area contributed by atoms with Crippen molar-refractivity contribution < 1.29 is 14.6 Å². The van der Waals surface area contributed by atoms with Gasteiger partial charge in [0, 0.05) is 13.2 Å². The van der Waals surface area contributed by atoms with E-state index in [2.05, 4.69) is 5.32 Å². The minimum absolute atomic E-state index is 0.471. The van der Waals surface area contributed by atoms with Crippen LogP contribution >= 0.6 is 0 Å². The number of nitrogens with one attached hydrogen (secondary N) is 1. The first-order valence-corrected chi connectivity index (χ1v) is 4.58. The van der Waals surface area contributed by atoms with Crippen LogP contribution in [0.2, 0.25) is 0 Å². The molecule has 1 atom stereocenters. The highest BCUT2D eigenvalue weighted by Crippen LogP contribution is 2.12. The van der Waals surface area contributed by atoms with Gasteiger partial charge >= 0.3 is 5.97 Å². The van der Waals surface area contributed by atoms with Gasteiger partial charge in [-0.1, -0.05) is 0 Å². The van der Waals surface area contributed by atoms with Gasteiger partial charge in [0.2, 0.25) is 0 Å². The van der Waals surface area contributed by atoms with E-state index < -0.39 is 11.5 Å². The number of carbonyl (C=O) groups is 1. The van der Waals surface area contributed by atoms with Crippen molar-refractivity contribution in [1.29, 1.82) is 0 Å². The van der Waals surface area contributed by atoms with Gasteiger partial charge in [0.25, 0.3) is 0 Å². The number of hydrogen-bond donors (Lipinski definition) is 2. The summed E-state index contributed by atoms with van der Waals surface area (Å²) in [5.74, 6) is -0.343. The molecule has 1 fully saturated rings. The molecule has 13 heavy (non-hydrogen) atoms. The Balaban J connectivity index is 2.28. The summed E-state index contributed by atoms with van der Waals surface area (Å²) in [5.41, 5.74) is -0.831. The lowest BCUT2D eigenvalue weighted by Gasteiger charge is -2.22. The molecule has 0 aliphatic carbocycles. The van der Waals surface area contributed by atoms with Crippen molar-refractivity contribution in [3.8, 4) is 0 Å². The third kappa shape index (κ3) is 2.97. The third-order valence-corrected chi connectivity index (χ3v) is 2.39. The van der Waals surface area contributed by atoms with Gasteiger partial charge in [-0.3, -0.25) is 4.79 Å². The van der Waals surface area contributed by atoms with Crippen LogP contribution in [0.5, 0.6) is 0 Å². The lowest BCUT2D eigenvalue weighted by atomic mass is 10.0. The highest BCUT2D eigenvalue weighted by molar-refractivity contribution is 5.77. The largest absolute Gasteiger partial charge is 0.480 e. The van der Waals surface area contributed by atoms with Crippen LogP contribution in [0.1, 0.15) is 20.3 Å². The number of carboxylic acid groups (broad SMARTS) is 1. The Kier molecular flexibility index (Phi) is 3.27. The summed E-state index contributed by atoms with van der Waals surface area (Å²) < 4.78 is 5.20. The summed E-state index contributed by atoms with van der Waals surface area (Å²) >= 11 is 0. The van der Waals surface area contributed by atoms with Gasteiger partial charge in [0.05, 0.1) is 6.61 Å². The molecule has 1 aliphatic heterocycles. The van der Waals surface area contributed by atoms with Crippen molar-refractivity contribution in [1.82, 2.24) is 5.32 Å². The monoisotopic (exact) mass is 187 g/mol. The molecule has 4 heteroatoms. The van der Waals surface area contributed by atoms with Crippen LogP contribution in [0.25, 0.3) is 0 Å². The highest BCUT2D eigenvalue weighted by Gasteiger charge is 2.27. The Morgan fingerprint density at radius 3 is 2.85 bits per heavy atom. The summed E-state index contributed by atoms with van der Waals surface area (Å²) in [4.78, 5) is 10.7. The van der Waals surface area contributed by atoms with Crippen LogP contribution in [0.4, 0.5) is 0 Å². The fourth-order valence-corrected chi connectivity index (χ4v) is 1.22. The number of hydrogen-bond acceptors (Lipinski definition) is 3. The molecule has 2 N–H and O–H groups in total. The fraction of sp³-hybridized carbons (Fsp3) is 0.889.